The van der Waals surface area contributed by atoms with E-state index in [1.165, 1.54) is 0 Å². The molecule has 0 heterocycles. The molecule has 0 aliphatic heterocycles. The fourth-order valence-corrected chi connectivity index (χ4v) is 1.08. The van der Waals surface area contributed by atoms with E-state index in [4.69, 9.17) is 17.3 Å². The van der Waals surface area contributed by atoms with Crippen LogP contribution in [0, 0.1) is 0 Å². The van der Waals surface area contributed by atoms with Gasteiger partial charge >= 0.3 is 0 Å². The quantitative estimate of drug-likeness (QED) is 0.760. The topological polar surface area (TPSA) is 72.2 Å². The molecule has 0 unspecified atom stereocenters. The number of halogens is 1. The van der Waals surface area contributed by atoms with Crippen LogP contribution in [0.15, 0.2) is 36.4 Å². The van der Waals surface area contributed by atoms with Crippen molar-refractivity contribution in [2.24, 2.45) is 5.73 Å². The molecule has 1 aromatic rings. The molecule has 1 rings (SSSR count). The summed E-state index contributed by atoms with van der Waals surface area (Å²) < 4.78 is 0. The molecule has 15 heavy (non-hydrogen) atoms. The smallest absolute Gasteiger partial charge is 0.248 e. The molecule has 5 heteroatoms. The molecule has 78 valence electrons. The Balaban J connectivity index is 2.67. The number of anilines is 1. The van der Waals surface area contributed by atoms with Gasteiger partial charge in [0.25, 0.3) is 0 Å². The highest BCUT2D eigenvalue weighted by Gasteiger charge is 2.01. The first-order valence-corrected chi connectivity index (χ1v) is 4.50. The molecule has 0 bridgehead atoms. The lowest BCUT2D eigenvalue weighted by Crippen LogP contribution is -2.11. The van der Waals surface area contributed by atoms with E-state index in [1.54, 1.807) is 24.3 Å². The van der Waals surface area contributed by atoms with Crippen molar-refractivity contribution in [3.63, 3.8) is 0 Å². The summed E-state index contributed by atoms with van der Waals surface area (Å²) in [6.45, 7) is 0. The Bertz CT molecular complexity index is 416. The van der Waals surface area contributed by atoms with Gasteiger partial charge in [0, 0.05) is 12.2 Å². The summed E-state index contributed by atoms with van der Waals surface area (Å²) in [6.07, 6.45) is 2.03. The number of carbonyl (C=O) groups is 2. The lowest BCUT2D eigenvalue weighted by atomic mass is 10.3. The van der Waals surface area contributed by atoms with Crippen molar-refractivity contribution in [3.8, 4) is 0 Å². The summed E-state index contributed by atoms with van der Waals surface area (Å²) in [4.78, 5) is 21.6. The molecule has 0 aliphatic carbocycles. The molecule has 3 N–H and O–H groups in total. The number of rotatable bonds is 3. The first-order valence-electron chi connectivity index (χ1n) is 4.12. The summed E-state index contributed by atoms with van der Waals surface area (Å²) >= 11 is 5.80. The monoisotopic (exact) mass is 224 g/mol. The highest BCUT2D eigenvalue weighted by Crippen LogP contribution is 2.20. The molecule has 2 amide bonds. The van der Waals surface area contributed by atoms with Crippen LogP contribution in [0.3, 0.4) is 0 Å². The van der Waals surface area contributed by atoms with Crippen LogP contribution in [0.2, 0.25) is 5.02 Å². The van der Waals surface area contributed by atoms with Gasteiger partial charge in [-0.15, -0.1) is 0 Å². The van der Waals surface area contributed by atoms with Gasteiger partial charge in [-0.1, -0.05) is 23.7 Å². The van der Waals surface area contributed by atoms with Gasteiger partial charge < -0.3 is 11.1 Å². The van der Waals surface area contributed by atoms with E-state index in [-0.39, 0.29) is 0 Å². The van der Waals surface area contributed by atoms with Gasteiger partial charge in [0.1, 0.15) is 0 Å². The number of amides is 2. The summed E-state index contributed by atoms with van der Waals surface area (Å²) in [5.74, 6) is -1.13. The maximum absolute atomic E-state index is 11.2. The number of para-hydroxylation sites is 1. The van der Waals surface area contributed by atoms with Crippen LogP contribution in [0.25, 0.3) is 0 Å². The molecule has 0 aromatic heterocycles. The van der Waals surface area contributed by atoms with Crippen molar-refractivity contribution in [1.29, 1.82) is 0 Å². The number of benzene rings is 1. The van der Waals surface area contributed by atoms with Crippen LogP contribution >= 0.6 is 11.6 Å². The Morgan fingerprint density at radius 1 is 1.27 bits per heavy atom. The van der Waals surface area contributed by atoms with Gasteiger partial charge in [-0.2, -0.15) is 0 Å². The van der Waals surface area contributed by atoms with E-state index >= 15 is 0 Å². The predicted octanol–water partition coefficient (Wildman–Crippen LogP) is 1.32. The molecule has 0 fully saturated rings. The Kier molecular flexibility index (Phi) is 3.88. The molecule has 0 spiro atoms. The van der Waals surface area contributed by atoms with Crippen molar-refractivity contribution >= 4 is 29.1 Å². The second-order valence-corrected chi connectivity index (χ2v) is 3.11. The summed E-state index contributed by atoms with van der Waals surface area (Å²) in [5, 5.41) is 2.93. The van der Waals surface area contributed by atoms with Crippen LogP contribution in [0.5, 0.6) is 0 Å². The highest BCUT2D eigenvalue weighted by molar-refractivity contribution is 6.33. The third-order valence-corrected chi connectivity index (χ3v) is 1.86. The number of nitrogens with one attached hydrogen (secondary N) is 1. The average molecular weight is 225 g/mol. The summed E-state index contributed by atoms with van der Waals surface area (Å²) in [7, 11) is 0. The molecule has 0 atom stereocenters. The molecule has 0 saturated carbocycles. The zero-order valence-corrected chi connectivity index (χ0v) is 8.49. The van der Waals surface area contributed by atoms with Crippen molar-refractivity contribution in [2.45, 2.75) is 0 Å². The Morgan fingerprint density at radius 3 is 2.53 bits per heavy atom. The van der Waals surface area contributed by atoms with Crippen LogP contribution in [-0.2, 0) is 9.59 Å². The number of hydrogen-bond acceptors (Lipinski definition) is 2. The van der Waals surface area contributed by atoms with Crippen LogP contribution < -0.4 is 11.1 Å². The van der Waals surface area contributed by atoms with Crippen LogP contribution in [0.4, 0.5) is 5.69 Å². The zero-order chi connectivity index (χ0) is 11.3. The van der Waals surface area contributed by atoms with Gasteiger partial charge in [-0.3, -0.25) is 9.59 Å². The van der Waals surface area contributed by atoms with Crippen molar-refractivity contribution in [3.05, 3.63) is 41.4 Å². The lowest BCUT2D eigenvalue weighted by Gasteiger charge is -2.03. The lowest BCUT2D eigenvalue weighted by molar-refractivity contribution is -0.115. The average Bonchev–Trinajstić information content (AvgIpc) is 2.18. The maximum atomic E-state index is 11.2. The van der Waals surface area contributed by atoms with Crippen molar-refractivity contribution in [2.75, 3.05) is 5.32 Å². The van der Waals surface area contributed by atoms with E-state index in [0.29, 0.717) is 10.7 Å². The Morgan fingerprint density at radius 2 is 1.93 bits per heavy atom. The first kappa shape index (κ1) is 11.3. The third-order valence-electron chi connectivity index (χ3n) is 1.53. The van der Waals surface area contributed by atoms with Gasteiger partial charge in [-0.05, 0) is 12.1 Å². The summed E-state index contributed by atoms with van der Waals surface area (Å²) in [6, 6.07) is 6.78. The fourth-order valence-electron chi connectivity index (χ4n) is 0.895. The standard InChI is InChI=1S/C10H9ClN2O2/c11-7-3-1-2-4-8(7)13-10(15)6-5-9(12)14/h1-6H,(H2,12,14)(H,13,15). The number of nitrogens with two attached hydrogens (primary N) is 1. The number of primary amides is 1. The Labute approximate surface area is 91.7 Å². The first-order chi connectivity index (χ1) is 7.09. The number of carbonyl (C=O) groups excluding carboxylic acids is 2. The van der Waals surface area contributed by atoms with Crippen molar-refractivity contribution < 1.29 is 9.59 Å². The summed E-state index contributed by atoms with van der Waals surface area (Å²) in [5.41, 5.74) is 5.32. The van der Waals surface area contributed by atoms with E-state index in [1.807, 2.05) is 0 Å². The van der Waals surface area contributed by atoms with E-state index in [2.05, 4.69) is 5.32 Å². The fraction of sp³-hybridized carbons (Fsp3) is 0. The SMILES string of the molecule is NC(=O)C=CC(=O)Nc1ccccc1Cl. The molecule has 0 aliphatic rings. The van der Waals surface area contributed by atoms with Gasteiger partial charge in [-0.25, -0.2) is 0 Å². The van der Waals surface area contributed by atoms with Gasteiger partial charge in [0.2, 0.25) is 11.8 Å². The van der Waals surface area contributed by atoms with Gasteiger partial charge in [0.15, 0.2) is 0 Å². The maximum Gasteiger partial charge on any atom is 0.248 e. The third kappa shape index (κ3) is 3.83. The van der Waals surface area contributed by atoms with E-state index < -0.39 is 11.8 Å². The van der Waals surface area contributed by atoms with Crippen LogP contribution in [-0.4, -0.2) is 11.8 Å². The van der Waals surface area contributed by atoms with Crippen molar-refractivity contribution in [1.82, 2.24) is 0 Å². The zero-order valence-electron chi connectivity index (χ0n) is 7.74. The second-order valence-electron chi connectivity index (χ2n) is 2.70. The molecule has 0 saturated heterocycles. The van der Waals surface area contributed by atoms with Crippen LogP contribution in [0.1, 0.15) is 0 Å². The number of hydrogen-bond donors (Lipinski definition) is 2. The minimum absolute atomic E-state index is 0.429. The minimum atomic E-state index is -0.677. The van der Waals surface area contributed by atoms with E-state index in [9.17, 15) is 9.59 Å². The van der Waals surface area contributed by atoms with E-state index in [0.717, 1.165) is 12.2 Å². The molecule has 0 radical (unpaired) electrons. The second kappa shape index (κ2) is 5.17. The molecule has 1 aromatic carbocycles. The predicted molar refractivity (Wildman–Crippen MR) is 58.4 cm³/mol. The normalized spacial score (nSPS) is 10.2. The largest absolute Gasteiger partial charge is 0.366 e. The molecule has 4 nitrogen and oxygen atoms in total. The highest BCUT2D eigenvalue weighted by atomic mass is 35.5. The molecular formula is C10H9ClN2O2. The van der Waals surface area contributed by atoms with Gasteiger partial charge in [0.05, 0.1) is 10.7 Å². The minimum Gasteiger partial charge on any atom is -0.366 e. The molecular weight excluding hydrogens is 216 g/mol. The Hall–Kier alpha value is -1.81.